The van der Waals surface area contributed by atoms with E-state index < -0.39 is 11.7 Å². The molecule has 0 spiro atoms. The zero-order valence-electron chi connectivity index (χ0n) is 21.0. The van der Waals surface area contributed by atoms with E-state index in [4.69, 9.17) is 14.2 Å². The number of carbonyl (C=O) groups is 1. The first kappa shape index (κ1) is 27.5. The second-order valence-electron chi connectivity index (χ2n) is 8.65. The van der Waals surface area contributed by atoms with E-state index in [9.17, 15) is 18.0 Å². The Morgan fingerprint density at radius 2 is 1.79 bits per heavy atom. The van der Waals surface area contributed by atoms with Crippen molar-refractivity contribution in [2.24, 2.45) is 0 Å². The number of rotatable bonds is 8. The van der Waals surface area contributed by atoms with Crippen LogP contribution in [0.2, 0.25) is 0 Å². The average Bonchev–Trinajstić information content (AvgIpc) is 3.26. The lowest BCUT2D eigenvalue weighted by molar-refractivity contribution is -0.137. The number of hydrogen-bond acceptors (Lipinski definition) is 5. The van der Waals surface area contributed by atoms with Crippen LogP contribution in [0.3, 0.4) is 0 Å². The van der Waals surface area contributed by atoms with E-state index in [1.54, 1.807) is 43.4 Å². The van der Waals surface area contributed by atoms with Crippen LogP contribution in [0.4, 0.5) is 13.2 Å². The van der Waals surface area contributed by atoms with Crippen LogP contribution in [0.15, 0.2) is 65.1 Å². The highest BCUT2D eigenvalue weighted by Gasteiger charge is 2.32. The Kier molecular flexibility index (Phi) is 8.30. The lowest BCUT2D eigenvalue weighted by Crippen LogP contribution is -2.31. The summed E-state index contributed by atoms with van der Waals surface area (Å²) in [6, 6.07) is 13.5. The Morgan fingerprint density at radius 3 is 2.42 bits per heavy atom. The molecule has 6 nitrogen and oxygen atoms in total. The van der Waals surface area contributed by atoms with Crippen molar-refractivity contribution < 1.29 is 32.2 Å². The van der Waals surface area contributed by atoms with Gasteiger partial charge in [0.25, 0.3) is 0 Å². The standard InChI is InChI=1S/C28H26BrF3N2O4/c1-36-21-10-6-18(25(15-21)37-2)16-34-20(9-13-26(34)35)14-22(24-12-11-23(29)27(33-24)38-3)17-4-7-19(8-5-17)28(30,31)32/h4-8,10-12,14-15,20H,9,13,16H2,1-3H3/b22-14+/t20-/m1/s1. The summed E-state index contributed by atoms with van der Waals surface area (Å²) in [4.78, 5) is 19.2. The largest absolute Gasteiger partial charge is 0.497 e. The smallest absolute Gasteiger partial charge is 0.416 e. The Labute approximate surface area is 227 Å². The highest BCUT2D eigenvalue weighted by atomic mass is 79.9. The summed E-state index contributed by atoms with van der Waals surface area (Å²) in [7, 11) is 4.60. The van der Waals surface area contributed by atoms with Gasteiger partial charge in [-0.1, -0.05) is 18.2 Å². The number of pyridine rings is 1. The van der Waals surface area contributed by atoms with Crippen LogP contribution < -0.4 is 14.2 Å². The van der Waals surface area contributed by atoms with Crippen molar-refractivity contribution in [2.45, 2.75) is 31.6 Å². The minimum absolute atomic E-state index is 0.0303. The minimum Gasteiger partial charge on any atom is -0.497 e. The van der Waals surface area contributed by atoms with E-state index in [-0.39, 0.29) is 11.9 Å². The molecule has 1 aliphatic rings. The number of alkyl halides is 3. The van der Waals surface area contributed by atoms with Crippen molar-refractivity contribution in [3.63, 3.8) is 0 Å². The number of ether oxygens (including phenoxy) is 3. The van der Waals surface area contributed by atoms with Crippen LogP contribution in [0.5, 0.6) is 17.4 Å². The first-order chi connectivity index (χ1) is 18.1. The van der Waals surface area contributed by atoms with Crippen LogP contribution >= 0.6 is 15.9 Å². The molecule has 1 aromatic heterocycles. The van der Waals surface area contributed by atoms with Gasteiger partial charge in [-0.15, -0.1) is 0 Å². The summed E-state index contributed by atoms with van der Waals surface area (Å²) in [6.07, 6.45) is -1.67. The maximum absolute atomic E-state index is 13.2. The van der Waals surface area contributed by atoms with E-state index in [0.29, 0.717) is 58.1 Å². The SMILES string of the molecule is COc1ccc(CN2C(=O)CC[C@@H]2/C=C(\c2ccc(C(F)(F)F)cc2)c2ccc(Br)c(OC)n2)c(OC)c1. The van der Waals surface area contributed by atoms with Gasteiger partial charge in [-0.05, 0) is 64.3 Å². The van der Waals surface area contributed by atoms with Gasteiger partial charge in [0.1, 0.15) is 11.5 Å². The fourth-order valence-electron chi connectivity index (χ4n) is 4.38. The van der Waals surface area contributed by atoms with Gasteiger partial charge in [0.15, 0.2) is 0 Å². The third-order valence-electron chi connectivity index (χ3n) is 6.37. The van der Waals surface area contributed by atoms with E-state index in [0.717, 1.165) is 17.7 Å². The number of nitrogens with zero attached hydrogens (tertiary/aromatic N) is 2. The molecule has 1 fully saturated rings. The van der Waals surface area contributed by atoms with Crippen molar-refractivity contribution >= 4 is 27.4 Å². The van der Waals surface area contributed by atoms with Gasteiger partial charge in [-0.2, -0.15) is 13.2 Å². The number of amides is 1. The van der Waals surface area contributed by atoms with E-state index in [1.807, 2.05) is 12.1 Å². The van der Waals surface area contributed by atoms with Crippen molar-refractivity contribution in [1.29, 1.82) is 0 Å². The number of hydrogen-bond donors (Lipinski definition) is 0. The highest BCUT2D eigenvalue weighted by Crippen LogP contribution is 2.35. The summed E-state index contributed by atoms with van der Waals surface area (Å²) >= 11 is 3.39. The van der Waals surface area contributed by atoms with Crippen molar-refractivity contribution in [1.82, 2.24) is 9.88 Å². The average molecular weight is 591 g/mol. The van der Waals surface area contributed by atoms with Crippen LogP contribution in [0.25, 0.3) is 5.57 Å². The summed E-state index contributed by atoms with van der Waals surface area (Å²) in [5, 5.41) is 0. The number of benzene rings is 2. The number of carbonyl (C=O) groups excluding carboxylic acids is 1. The van der Waals surface area contributed by atoms with Crippen LogP contribution in [0.1, 0.15) is 35.2 Å². The lowest BCUT2D eigenvalue weighted by atomic mass is 9.97. The quantitative estimate of drug-likeness (QED) is 0.299. The second-order valence-corrected chi connectivity index (χ2v) is 9.50. The predicted octanol–water partition coefficient (Wildman–Crippen LogP) is 6.51. The van der Waals surface area contributed by atoms with Crippen molar-refractivity contribution in [3.05, 3.63) is 87.5 Å². The molecule has 0 aliphatic carbocycles. The van der Waals surface area contributed by atoms with Gasteiger partial charge in [-0.25, -0.2) is 4.98 Å². The van der Waals surface area contributed by atoms with Gasteiger partial charge in [0, 0.05) is 30.2 Å². The first-order valence-electron chi connectivity index (χ1n) is 11.7. The molecule has 4 rings (SSSR count). The Bertz CT molecular complexity index is 1340. The van der Waals surface area contributed by atoms with Crippen molar-refractivity contribution in [3.8, 4) is 17.4 Å². The monoisotopic (exact) mass is 590 g/mol. The zero-order valence-corrected chi connectivity index (χ0v) is 22.6. The van der Waals surface area contributed by atoms with E-state index >= 15 is 0 Å². The normalized spacial score (nSPS) is 16.1. The molecule has 1 saturated heterocycles. The van der Waals surface area contributed by atoms with Gasteiger partial charge in [0.2, 0.25) is 11.8 Å². The first-order valence-corrected chi connectivity index (χ1v) is 12.5. The Hall–Kier alpha value is -3.53. The molecule has 0 N–H and O–H groups in total. The highest BCUT2D eigenvalue weighted by molar-refractivity contribution is 9.10. The molecule has 0 unspecified atom stereocenters. The van der Waals surface area contributed by atoms with Crippen LogP contribution in [-0.2, 0) is 17.5 Å². The Morgan fingerprint density at radius 1 is 1.05 bits per heavy atom. The summed E-state index contributed by atoms with van der Waals surface area (Å²) in [5.74, 6) is 1.53. The van der Waals surface area contributed by atoms with Crippen molar-refractivity contribution in [2.75, 3.05) is 21.3 Å². The molecule has 1 aliphatic heterocycles. The topological polar surface area (TPSA) is 60.9 Å². The predicted molar refractivity (Wildman–Crippen MR) is 140 cm³/mol. The third kappa shape index (κ3) is 5.96. The molecule has 1 amide bonds. The van der Waals surface area contributed by atoms with Crippen LogP contribution in [-0.4, -0.2) is 43.2 Å². The molecule has 0 saturated carbocycles. The molecule has 2 heterocycles. The molecule has 38 heavy (non-hydrogen) atoms. The maximum Gasteiger partial charge on any atom is 0.416 e. The molecule has 0 radical (unpaired) electrons. The molecule has 0 bridgehead atoms. The molecule has 200 valence electrons. The van der Waals surface area contributed by atoms with Gasteiger partial charge >= 0.3 is 6.18 Å². The summed E-state index contributed by atoms with van der Waals surface area (Å²) < 4.78 is 56.4. The fraction of sp³-hybridized carbons (Fsp3) is 0.286. The van der Waals surface area contributed by atoms with E-state index in [1.165, 1.54) is 19.2 Å². The summed E-state index contributed by atoms with van der Waals surface area (Å²) in [6.45, 7) is 0.296. The number of likely N-dealkylation sites (tertiary alicyclic amines) is 1. The lowest BCUT2D eigenvalue weighted by Gasteiger charge is -2.25. The number of halogens is 4. The van der Waals surface area contributed by atoms with E-state index in [2.05, 4.69) is 20.9 Å². The van der Waals surface area contributed by atoms with Gasteiger partial charge in [-0.3, -0.25) is 4.79 Å². The summed E-state index contributed by atoms with van der Waals surface area (Å²) in [5.41, 5.74) is 1.70. The molecular weight excluding hydrogens is 565 g/mol. The van der Waals surface area contributed by atoms with Gasteiger partial charge < -0.3 is 19.1 Å². The maximum atomic E-state index is 13.2. The second kappa shape index (κ2) is 11.5. The zero-order chi connectivity index (χ0) is 27.4. The minimum atomic E-state index is -4.45. The number of aromatic nitrogens is 1. The van der Waals surface area contributed by atoms with Gasteiger partial charge in [0.05, 0.1) is 43.1 Å². The fourth-order valence-corrected chi connectivity index (χ4v) is 4.76. The Balaban J connectivity index is 1.76. The molecule has 2 aromatic carbocycles. The van der Waals surface area contributed by atoms with Crippen LogP contribution in [0, 0.1) is 0 Å². The molecule has 3 aromatic rings. The number of methoxy groups -OCH3 is 3. The molecule has 10 heteroatoms. The third-order valence-corrected chi connectivity index (χ3v) is 6.98. The molecule has 1 atom stereocenters. The molecular formula is C28H26BrF3N2O4.